The lowest BCUT2D eigenvalue weighted by Gasteiger charge is -2.60. The number of ketones is 1. The first-order valence-corrected chi connectivity index (χ1v) is 11.7. The summed E-state index contributed by atoms with van der Waals surface area (Å²) in [5.41, 5.74) is -0.515. The van der Waals surface area contributed by atoms with Crippen LogP contribution in [0.2, 0.25) is 0 Å². The Morgan fingerprint density at radius 1 is 1.14 bits per heavy atom. The average molecular weight is 401 g/mol. The van der Waals surface area contributed by atoms with Crippen LogP contribution >= 0.6 is 0 Å². The molecular weight excluding hydrogens is 364 g/mol. The molecule has 1 N–H and O–H groups in total. The zero-order valence-corrected chi connectivity index (χ0v) is 17.9. The SMILES string of the molecule is C[C@@]1(O)CC[C@@H]2C3CC[C@@]4(C)C(OCC[C@@H]4C(=O)Cn4cccn4)C3CC[C@@H]2C1. The molecule has 3 saturated carbocycles. The number of Topliss-reactive ketones (excluding diaryl/α,β-unsaturated/α-hetero) is 1. The van der Waals surface area contributed by atoms with Gasteiger partial charge in [0.25, 0.3) is 0 Å². The van der Waals surface area contributed by atoms with Crippen molar-refractivity contribution in [3.05, 3.63) is 18.5 Å². The van der Waals surface area contributed by atoms with Crippen molar-refractivity contribution >= 4 is 5.78 Å². The second-order valence-electron chi connectivity index (χ2n) is 10.9. The number of aliphatic hydroxyl groups is 1. The van der Waals surface area contributed by atoms with E-state index in [1.54, 1.807) is 10.9 Å². The number of hydrogen-bond acceptors (Lipinski definition) is 4. The highest BCUT2D eigenvalue weighted by Gasteiger charge is 2.58. The summed E-state index contributed by atoms with van der Waals surface area (Å²) in [5, 5.41) is 14.8. The Morgan fingerprint density at radius 2 is 1.97 bits per heavy atom. The van der Waals surface area contributed by atoms with Gasteiger partial charge >= 0.3 is 0 Å². The van der Waals surface area contributed by atoms with Gasteiger partial charge in [0.1, 0.15) is 0 Å². The molecule has 5 rings (SSSR count). The van der Waals surface area contributed by atoms with Crippen LogP contribution in [0.1, 0.15) is 65.2 Å². The fourth-order valence-corrected chi connectivity index (χ4v) is 7.78. The molecule has 0 bridgehead atoms. The molecule has 5 nitrogen and oxygen atoms in total. The number of carbonyl (C=O) groups is 1. The van der Waals surface area contributed by atoms with Crippen molar-refractivity contribution in [1.29, 1.82) is 0 Å². The third-order valence-corrected chi connectivity index (χ3v) is 9.12. The number of ether oxygens (including phenoxy) is 1. The number of rotatable bonds is 3. The number of aromatic nitrogens is 2. The van der Waals surface area contributed by atoms with Gasteiger partial charge in [-0.15, -0.1) is 0 Å². The molecular formula is C24H36N2O3. The highest BCUT2D eigenvalue weighted by atomic mass is 16.5. The zero-order valence-electron chi connectivity index (χ0n) is 17.9. The minimum Gasteiger partial charge on any atom is -0.390 e. The number of carbonyl (C=O) groups excluding carboxylic acids is 1. The molecule has 160 valence electrons. The Bertz CT molecular complexity index is 745. The summed E-state index contributed by atoms with van der Waals surface area (Å²) in [6, 6.07) is 1.88. The highest BCUT2D eigenvalue weighted by molar-refractivity contribution is 5.81. The predicted molar refractivity (Wildman–Crippen MR) is 110 cm³/mol. The van der Waals surface area contributed by atoms with E-state index >= 15 is 0 Å². The molecule has 3 aliphatic carbocycles. The third kappa shape index (κ3) is 3.38. The normalized spacial score (nSPS) is 47.0. The van der Waals surface area contributed by atoms with Crippen molar-refractivity contribution < 1.29 is 14.6 Å². The van der Waals surface area contributed by atoms with Gasteiger partial charge in [0.2, 0.25) is 0 Å². The van der Waals surface area contributed by atoms with Gasteiger partial charge in [0, 0.05) is 30.3 Å². The molecule has 5 heteroatoms. The third-order valence-electron chi connectivity index (χ3n) is 9.12. The second-order valence-corrected chi connectivity index (χ2v) is 10.9. The Morgan fingerprint density at radius 3 is 2.76 bits per heavy atom. The molecule has 1 aromatic heterocycles. The standard InChI is InChI=1S/C24H36N2O3/c1-23(28)9-6-17-16(14-23)4-5-19-18(17)7-10-24(2)20(8-13-29-22(19)24)21(27)15-26-12-3-11-25-26/h3,11-12,16-20,22,28H,4-10,13-15H2,1-2H3/t16-,17+,18?,19?,20-,22?,23-,24-/m1/s1. The summed E-state index contributed by atoms with van der Waals surface area (Å²) in [4.78, 5) is 13.2. The first-order valence-electron chi connectivity index (χ1n) is 11.7. The van der Waals surface area contributed by atoms with Gasteiger partial charge in [-0.25, -0.2) is 0 Å². The van der Waals surface area contributed by atoms with Crippen LogP contribution in [0.5, 0.6) is 0 Å². The monoisotopic (exact) mass is 400 g/mol. The van der Waals surface area contributed by atoms with E-state index in [1.807, 2.05) is 19.2 Å². The largest absolute Gasteiger partial charge is 0.390 e. The molecule has 1 aromatic rings. The molecule has 4 aliphatic rings. The van der Waals surface area contributed by atoms with Gasteiger partial charge in [-0.2, -0.15) is 5.10 Å². The lowest BCUT2D eigenvalue weighted by Crippen LogP contribution is -2.59. The maximum Gasteiger partial charge on any atom is 0.158 e. The zero-order chi connectivity index (χ0) is 20.2. The van der Waals surface area contributed by atoms with Crippen LogP contribution in [0.3, 0.4) is 0 Å². The molecule has 8 atom stereocenters. The Labute approximate surface area is 174 Å². The van der Waals surface area contributed by atoms with Gasteiger partial charge in [-0.1, -0.05) is 6.92 Å². The minimum absolute atomic E-state index is 0.0450. The summed E-state index contributed by atoms with van der Waals surface area (Å²) in [6.07, 6.45) is 12.5. The lowest BCUT2D eigenvalue weighted by atomic mass is 9.49. The first kappa shape index (κ1) is 19.7. The van der Waals surface area contributed by atoms with Crippen LogP contribution < -0.4 is 0 Å². The summed E-state index contributed by atoms with van der Waals surface area (Å²) in [5.74, 6) is 3.11. The van der Waals surface area contributed by atoms with Crippen molar-refractivity contribution in [3.63, 3.8) is 0 Å². The van der Waals surface area contributed by atoms with Crippen molar-refractivity contribution in [2.24, 2.45) is 35.0 Å². The van der Waals surface area contributed by atoms with E-state index in [4.69, 9.17) is 4.74 Å². The van der Waals surface area contributed by atoms with Crippen LogP contribution in [0, 0.1) is 35.0 Å². The summed E-state index contributed by atoms with van der Waals surface area (Å²) in [6.45, 7) is 5.44. The number of hydrogen-bond donors (Lipinski definition) is 1. The molecule has 0 spiro atoms. The topological polar surface area (TPSA) is 64.3 Å². The van der Waals surface area contributed by atoms with E-state index in [0.29, 0.717) is 36.7 Å². The summed E-state index contributed by atoms with van der Waals surface area (Å²) >= 11 is 0. The first-order chi connectivity index (χ1) is 13.9. The van der Waals surface area contributed by atoms with Gasteiger partial charge in [0.15, 0.2) is 5.78 Å². The highest BCUT2D eigenvalue weighted by Crippen LogP contribution is 2.60. The fourth-order valence-electron chi connectivity index (χ4n) is 7.78. The van der Waals surface area contributed by atoms with E-state index in [0.717, 1.165) is 38.0 Å². The lowest BCUT2D eigenvalue weighted by molar-refractivity contribution is -0.199. The summed E-state index contributed by atoms with van der Waals surface area (Å²) in [7, 11) is 0. The van der Waals surface area contributed by atoms with E-state index in [-0.39, 0.29) is 17.4 Å². The predicted octanol–water partition coefficient (Wildman–Crippen LogP) is 3.85. The molecule has 0 amide bonds. The number of nitrogens with zero attached hydrogens (tertiary/aromatic N) is 2. The van der Waals surface area contributed by atoms with E-state index in [1.165, 1.54) is 19.3 Å². The summed E-state index contributed by atoms with van der Waals surface area (Å²) < 4.78 is 8.23. The smallest absolute Gasteiger partial charge is 0.158 e. The Hall–Kier alpha value is -1.20. The quantitative estimate of drug-likeness (QED) is 0.837. The van der Waals surface area contributed by atoms with Crippen molar-refractivity contribution in [3.8, 4) is 0 Å². The molecule has 2 heterocycles. The molecule has 1 aliphatic heterocycles. The minimum atomic E-state index is -0.470. The Balaban J connectivity index is 1.34. The van der Waals surface area contributed by atoms with Crippen LogP contribution in [0.4, 0.5) is 0 Å². The molecule has 3 unspecified atom stereocenters. The van der Waals surface area contributed by atoms with Gasteiger partial charge < -0.3 is 9.84 Å². The Kier molecular flexibility index (Phi) is 4.90. The van der Waals surface area contributed by atoms with Crippen molar-refractivity contribution in [2.75, 3.05) is 6.61 Å². The van der Waals surface area contributed by atoms with E-state index in [2.05, 4.69) is 12.0 Å². The number of fused-ring (bicyclic) bond motifs is 5. The van der Waals surface area contributed by atoms with Crippen LogP contribution in [0.15, 0.2) is 18.5 Å². The van der Waals surface area contributed by atoms with Crippen molar-refractivity contribution in [1.82, 2.24) is 9.78 Å². The fraction of sp³-hybridized carbons (Fsp3) is 0.833. The van der Waals surface area contributed by atoms with Crippen LogP contribution in [0.25, 0.3) is 0 Å². The maximum atomic E-state index is 13.2. The van der Waals surface area contributed by atoms with E-state index < -0.39 is 5.60 Å². The van der Waals surface area contributed by atoms with Gasteiger partial charge in [0.05, 0.1) is 18.2 Å². The molecule has 0 aromatic carbocycles. The van der Waals surface area contributed by atoms with Crippen LogP contribution in [-0.2, 0) is 16.1 Å². The second kappa shape index (κ2) is 7.19. The average Bonchev–Trinajstić information content (AvgIpc) is 3.18. The van der Waals surface area contributed by atoms with Gasteiger partial charge in [-0.05, 0) is 88.0 Å². The molecule has 1 saturated heterocycles. The van der Waals surface area contributed by atoms with Gasteiger partial charge in [-0.3, -0.25) is 9.48 Å². The maximum absolute atomic E-state index is 13.2. The van der Waals surface area contributed by atoms with Crippen molar-refractivity contribution in [2.45, 2.75) is 83.5 Å². The van der Waals surface area contributed by atoms with Crippen LogP contribution in [-0.4, -0.2) is 39.0 Å². The molecule has 4 fully saturated rings. The van der Waals surface area contributed by atoms with E-state index in [9.17, 15) is 9.90 Å². The molecule has 29 heavy (non-hydrogen) atoms. The molecule has 0 radical (unpaired) electrons.